The van der Waals surface area contributed by atoms with Gasteiger partial charge in [-0.2, -0.15) is 0 Å². The molecule has 0 heterocycles. The highest BCUT2D eigenvalue weighted by atomic mass is 16.6. The highest BCUT2D eigenvalue weighted by Crippen LogP contribution is 2.51. The van der Waals surface area contributed by atoms with E-state index in [4.69, 9.17) is 4.74 Å². The van der Waals surface area contributed by atoms with Gasteiger partial charge < -0.3 is 9.84 Å². The summed E-state index contributed by atoms with van der Waals surface area (Å²) < 4.78 is 6.44. The van der Waals surface area contributed by atoms with Crippen LogP contribution in [0.3, 0.4) is 0 Å². The predicted octanol–water partition coefficient (Wildman–Crippen LogP) is 6.54. The second-order valence-corrected chi connectivity index (χ2v) is 11.4. The summed E-state index contributed by atoms with van der Waals surface area (Å²) in [6.07, 6.45) is 6.02. The molecule has 0 saturated carbocycles. The Balaban J connectivity index is 2.21. The first-order valence-corrected chi connectivity index (χ1v) is 10.7. The van der Waals surface area contributed by atoms with Gasteiger partial charge in [-0.25, -0.2) is 0 Å². The number of rotatable bonds is 6. The molecule has 0 spiro atoms. The SMILES string of the molecule is [CH2+]C(CC(C)(C)C)(C(O)OC(CC)C1CC(C)CC2=C1CC2)C(C)(C)C. The van der Waals surface area contributed by atoms with Crippen LogP contribution in [0.1, 0.15) is 93.9 Å². The summed E-state index contributed by atoms with van der Waals surface area (Å²) in [5, 5.41) is 11.2. The Hall–Kier alpha value is -0.470. The van der Waals surface area contributed by atoms with Crippen LogP contribution in [-0.4, -0.2) is 17.5 Å². The number of ether oxygens (including phenoxy) is 1. The smallest absolute Gasteiger partial charge is 0.202 e. The average molecular weight is 364 g/mol. The average Bonchev–Trinajstić information content (AvgIpc) is 2.44. The molecule has 1 N–H and O–H groups in total. The van der Waals surface area contributed by atoms with Crippen molar-refractivity contribution in [1.82, 2.24) is 0 Å². The molecule has 0 bridgehead atoms. The van der Waals surface area contributed by atoms with Crippen molar-refractivity contribution in [2.75, 3.05) is 0 Å². The van der Waals surface area contributed by atoms with E-state index in [1.54, 1.807) is 11.1 Å². The van der Waals surface area contributed by atoms with Crippen molar-refractivity contribution < 1.29 is 9.84 Å². The van der Waals surface area contributed by atoms with Gasteiger partial charge in [-0.1, -0.05) is 66.5 Å². The zero-order valence-electron chi connectivity index (χ0n) is 18.6. The minimum atomic E-state index is -0.840. The number of hydrogen-bond donors (Lipinski definition) is 1. The van der Waals surface area contributed by atoms with E-state index in [1.165, 1.54) is 25.7 Å². The molecule has 0 aliphatic heterocycles. The fourth-order valence-electron chi connectivity index (χ4n) is 5.02. The monoisotopic (exact) mass is 363 g/mol. The van der Waals surface area contributed by atoms with Gasteiger partial charge in [0.25, 0.3) is 0 Å². The van der Waals surface area contributed by atoms with Crippen molar-refractivity contribution in [3.8, 4) is 0 Å². The molecule has 0 aromatic carbocycles. The lowest BCUT2D eigenvalue weighted by Crippen LogP contribution is -2.49. The molecule has 5 unspecified atom stereocenters. The number of aliphatic hydroxyl groups excluding tert-OH is 1. The zero-order valence-corrected chi connectivity index (χ0v) is 18.6. The third-order valence-corrected chi connectivity index (χ3v) is 6.82. The number of allylic oxidation sites excluding steroid dienone is 1. The third-order valence-electron chi connectivity index (χ3n) is 6.82. The lowest BCUT2D eigenvalue weighted by atomic mass is 9.60. The summed E-state index contributed by atoms with van der Waals surface area (Å²) in [4.78, 5) is 0. The summed E-state index contributed by atoms with van der Waals surface area (Å²) >= 11 is 0. The second kappa shape index (κ2) is 7.51. The zero-order chi connectivity index (χ0) is 19.9. The Morgan fingerprint density at radius 3 is 2.19 bits per heavy atom. The van der Waals surface area contributed by atoms with E-state index in [1.807, 2.05) is 0 Å². The Kier molecular flexibility index (Phi) is 6.30. The van der Waals surface area contributed by atoms with Gasteiger partial charge in [-0.15, -0.1) is 0 Å². The van der Waals surface area contributed by atoms with Crippen LogP contribution < -0.4 is 0 Å². The first kappa shape index (κ1) is 21.8. The summed E-state index contributed by atoms with van der Waals surface area (Å²) in [6, 6.07) is 0. The fraction of sp³-hybridized carbons (Fsp3) is 0.875. The van der Waals surface area contributed by atoms with Gasteiger partial charge in [-0.3, -0.25) is 0 Å². The van der Waals surface area contributed by atoms with Gasteiger partial charge in [0.1, 0.15) is 0 Å². The molecule has 2 aliphatic carbocycles. The molecule has 2 rings (SSSR count). The van der Waals surface area contributed by atoms with Crippen molar-refractivity contribution in [2.45, 2.75) is 106 Å². The van der Waals surface area contributed by atoms with E-state index in [-0.39, 0.29) is 16.9 Å². The van der Waals surface area contributed by atoms with Crippen LogP contribution in [0.4, 0.5) is 0 Å². The lowest BCUT2D eigenvalue weighted by Gasteiger charge is -2.46. The van der Waals surface area contributed by atoms with Crippen LogP contribution in [0.5, 0.6) is 0 Å². The Labute approximate surface area is 162 Å². The van der Waals surface area contributed by atoms with E-state index in [0.717, 1.165) is 18.8 Å². The Morgan fingerprint density at radius 2 is 1.77 bits per heavy atom. The van der Waals surface area contributed by atoms with Crippen LogP contribution >= 0.6 is 0 Å². The van der Waals surface area contributed by atoms with Gasteiger partial charge in [0.15, 0.2) is 5.41 Å². The Morgan fingerprint density at radius 1 is 1.15 bits per heavy atom. The van der Waals surface area contributed by atoms with Crippen LogP contribution in [0.15, 0.2) is 11.1 Å². The number of hydrogen-bond acceptors (Lipinski definition) is 2. The maximum atomic E-state index is 11.2. The van der Waals surface area contributed by atoms with Gasteiger partial charge in [0.05, 0.1) is 13.0 Å². The van der Waals surface area contributed by atoms with Crippen LogP contribution in [0, 0.1) is 35.0 Å². The molecule has 2 aliphatic rings. The maximum absolute atomic E-state index is 11.2. The largest absolute Gasteiger partial charge is 0.364 e. The van der Waals surface area contributed by atoms with Gasteiger partial charge in [-0.05, 0) is 43.4 Å². The molecule has 2 nitrogen and oxygen atoms in total. The molecule has 150 valence electrons. The van der Waals surface area contributed by atoms with Crippen LogP contribution in [0.25, 0.3) is 0 Å². The van der Waals surface area contributed by atoms with Gasteiger partial charge in [0, 0.05) is 17.8 Å². The molecule has 0 radical (unpaired) electrons. The molecule has 26 heavy (non-hydrogen) atoms. The molecule has 0 aromatic heterocycles. The topological polar surface area (TPSA) is 29.5 Å². The van der Waals surface area contributed by atoms with Crippen LogP contribution in [-0.2, 0) is 4.74 Å². The molecule has 0 aromatic rings. The summed E-state index contributed by atoms with van der Waals surface area (Å²) in [7, 11) is 0. The quantitative estimate of drug-likeness (QED) is 0.330. The van der Waals surface area contributed by atoms with E-state index in [0.29, 0.717) is 5.92 Å². The first-order chi connectivity index (χ1) is 11.8. The normalized spacial score (nSPS) is 28.8. The van der Waals surface area contributed by atoms with E-state index < -0.39 is 11.7 Å². The minimum absolute atomic E-state index is 0.0874. The molecular weight excluding hydrogens is 320 g/mol. The van der Waals surface area contributed by atoms with Gasteiger partial charge >= 0.3 is 0 Å². The molecular formula is C24H43O2+. The Bertz CT molecular complexity index is 519. The van der Waals surface area contributed by atoms with E-state index >= 15 is 0 Å². The minimum Gasteiger partial charge on any atom is -0.364 e. The van der Waals surface area contributed by atoms with E-state index in [2.05, 4.69) is 62.3 Å². The predicted molar refractivity (Wildman–Crippen MR) is 111 cm³/mol. The van der Waals surface area contributed by atoms with E-state index in [9.17, 15) is 5.11 Å². The van der Waals surface area contributed by atoms with Crippen molar-refractivity contribution in [1.29, 1.82) is 0 Å². The molecule has 0 amide bonds. The fourth-order valence-corrected chi connectivity index (χ4v) is 5.02. The molecule has 0 fully saturated rings. The lowest BCUT2D eigenvalue weighted by molar-refractivity contribution is -0.230. The highest BCUT2D eigenvalue weighted by molar-refractivity contribution is 5.30. The second-order valence-electron chi connectivity index (χ2n) is 11.4. The van der Waals surface area contributed by atoms with Gasteiger partial charge in [0.2, 0.25) is 6.29 Å². The first-order valence-electron chi connectivity index (χ1n) is 10.7. The summed E-state index contributed by atoms with van der Waals surface area (Å²) in [6.45, 7) is 22.3. The molecule has 0 saturated heterocycles. The highest BCUT2D eigenvalue weighted by Gasteiger charge is 2.54. The summed E-state index contributed by atoms with van der Waals surface area (Å²) in [5.74, 6) is 1.22. The van der Waals surface area contributed by atoms with Crippen molar-refractivity contribution in [3.63, 3.8) is 0 Å². The van der Waals surface area contributed by atoms with Crippen molar-refractivity contribution >= 4 is 0 Å². The maximum Gasteiger partial charge on any atom is 0.202 e. The van der Waals surface area contributed by atoms with Crippen molar-refractivity contribution in [3.05, 3.63) is 18.1 Å². The standard InChI is InChI=1S/C24H43O2/c1-10-20(19-14-16(2)13-17-11-12-18(17)19)26-21(25)24(9,23(6,7)8)15-22(3,4)5/h16,19-21,25H,9-15H2,1-8H3/q+1. The molecule has 2 heteroatoms. The summed E-state index contributed by atoms with van der Waals surface area (Å²) in [5.41, 5.74) is 2.73. The molecule has 5 atom stereocenters. The third kappa shape index (κ3) is 4.50. The van der Waals surface area contributed by atoms with Crippen LogP contribution in [0.2, 0.25) is 0 Å². The van der Waals surface area contributed by atoms with Crippen molar-refractivity contribution in [2.24, 2.45) is 28.1 Å². The number of aliphatic hydroxyl groups is 1.